The van der Waals surface area contributed by atoms with Crippen LogP contribution >= 0.6 is 23.1 Å². The lowest BCUT2D eigenvalue weighted by Gasteiger charge is -2.28. The second kappa shape index (κ2) is 9.60. The van der Waals surface area contributed by atoms with E-state index < -0.39 is 0 Å². The molecule has 0 aliphatic heterocycles. The summed E-state index contributed by atoms with van der Waals surface area (Å²) >= 11 is 3.78. The molecule has 0 atom stereocenters. The molecule has 0 bridgehead atoms. The van der Waals surface area contributed by atoms with Crippen LogP contribution in [-0.2, 0) is 4.74 Å². The second-order valence-electron chi connectivity index (χ2n) is 8.64. The zero-order chi connectivity index (χ0) is 21.1. The quantitative estimate of drug-likeness (QED) is 0.518. The topological polar surface area (TPSA) is 77.2 Å². The van der Waals surface area contributed by atoms with Crippen LogP contribution in [0.1, 0.15) is 69.7 Å². The van der Waals surface area contributed by atoms with Crippen LogP contribution in [0, 0.1) is 0 Å². The molecule has 1 aromatic heterocycles. The molecule has 7 heteroatoms. The fraction of sp³-hybridized carbons (Fsp3) is 0.565. The van der Waals surface area contributed by atoms with Crippen molar-refractivity contribution < 1.29 is 9.53 Å². The summed E-state index contributed by atoms with van der Waals surface area (Å²) < 4.78 is 5.20. The first-order chi connectivity index (χ1) is 14.5. The largest absolute Gasteiger partial charge is 0.447 e. The number of carbonyl (C=O) groups excluding carboxylic acids is 1. The highest BCUT2D eigenvalue weighted by Gasteiger charge is 2.27. The molecule has 1 amide bonds. The van der Waals surface area contributed by atoms with Crippen LogP contribution in [0.2, 0.25) is 0 Å². The molecule has 2 saturated carbocycles. The Morgan fingerprint density at radius 3 is 2.67 bits per heavy atom. The van der Waals surface area contributed by atoms with Gasteiger partial charge < -0.3 is 15.8 Å². The number of rotatable bonds is 6. The van der Waals surface area contributed by atoms with Gasteiger partial charge in [-0.2, -0.15) is 0 Å². The SMILES string of the molecule is CC(C)OC(=O)NC1CCC(c2ncc(-c3ccc(N)cc3SC3CCC3)s2)CC1. The van der Waals surface area contributed by atoms with Gasteiger partial charge in [-0.3, -0.25) is 0 Å². The van der Waals surface area contributed by atoms with Crippen molar-refractivity contribution in [3.63, 3.8) is 0 Å². The van der Waals surface area contributed by atoms with Crippen LogP contribution in [0.5, 0.6) is 0 Å². The van der Waals surface area contributed by atoms with Gasteiger partial charge in [0.15, 0.2) is 0 Å². The first-order valence-corrected chi connectivity index (χ1v) is 12.7. The maximum atomic E-state index is 11.8. The van der Waals surface area contributed by atoms with E-state index in [1.54, 1.807) is 0 Å². The fourth-order valence-corrected chi connectivity index (χ4v) is 6.64. The van der Waals surface area contributed by atoms with Crippen molar-refractivity contribution in [1.29, 1.82) is 0 Å². The number of thioether (sulfide) groups is 1. The summed E-state index contributed by atoms with van der Waals surface area (Å²) in [4.78, 5) is 19.1. The highest BCUT2D eigenvalue weighted by atomic mass is 32.2. The summed E-state index contributed by atoms with van der Waals surface area (Å²) in [5.41, 5.74) is 8.16. The number of hydrogen-bond donors (Lipinski definition) is 2. The molecule has 1 heterocycles. The number of thiazole rings is 1. The molecule has 30 heavy (non-hydrogen) atoms. The number of alkyl carbamates (subject to hydrolysis) is 1. The number of benzene rings is 1. The Balaban J connectivity index is 1.39. The first-order valence-electron chi connectivity index (χ1n) is 11.0. The number of aromatic nitrogens is 1. The number of anilines is 1. The van der Waals surface area contributed by atoms with Gasteiger partial charge >= 0.3 is 6.09 Å². The molecule has 4 rings (SSSR count). The number of hydrogen-bond acceptors (Lipinski definition) is 6. The number of nitrogen functional groups attached to an aromatic ring is 1. The first kappa shape index (κ1) is 21.5. The van der Waals surface area contributed by atoms with E-state index in [9.17, 15) is 4.79 Å². The fourth-order valence-electron chi connectivity index (χ4n) is 4.01. The molecule has 5 nitrogen and oxygen atoms in total. The lowest BCUT2D eigenvalue weighted by molar-refractivity contribution is 0.109. The Hall–Kier alpha value is -1.73. The van der Waals surface area contributed by atoms with E-state index in [-0.39, 0.29) is 18.2 Å². The number of ether oxygens (including phenoxy) is 1. The maximum absolute atomic E-state index is 11.8. The van der Waals surface area contributed by atoms with Crippen LogP contribution in [0.15, 0.2) is 29.3 Å². The third-order valence-electron chi connectivity index (χ3n) is 5.88. The highest BCUT2D eigenvalue weighted by molar-refractivity contribution is 8.00. The highest BCUT2D eigenvalue weighted by Crippen LogP contribution is 2.44. The van der Waals surface area contributed by atoms with E-state index >= 15 is 0 Å². The van der Waals surface area contributed by atoms with E-state index in [1.807, 2.05) is 49.2 Å². The molecule has 3 N–H and O–H groups in total. The molecular formula is C23H31N3O2S2. The molecule has 2 fully saturated rings. The predicted octanol–water partition coefficient (Wildman–Crippen LogP) is 6.20. The standard InChI is InChI=1S/C23H31N3O2S2/c1-14(2)28-23(27)26-17-9-6-15(7-10-17)22-25-13-21(30-22)19-11-8-16(24)12-20(19)29-18-4-3-5-18/h8,11-15,17-18H,3-7,9-10,24H2,1-2H3,(H,26,27). The van der Waals surface area contributed by atoms with E-state index in [0.29, 0.717) is 5.92 Å². The van der Waals surface area contributed by atoms with Gasteiger partial charge in [-0.15, -0.1) is 23.1 Å². The van der Waals surface area contributed by atoms with Crippen LogP contribution in [0.4, 0.5) is 10.5 Å². The monoisotopic (exact) mass is 445 g/mol. The zero-order valence-corrected chi connectivity index (χ0v) is 19.4. The van der Waals surface area contributed by atoms with E-state index in [0.717, 1.165) is 36.6 Å². The smallest absolute Gasteiger partial charge is 0.407 e. The summed E-state index contributed by atoms with van der Waals surface area (Å²) in [6.07, 6.45) is 9.61. The van der Waals surface area contributed by atoms with E-state index in [2.05, 4.69) is 17.4 Å². The summed E-state index contributed by atoms with van der Waals surface area (Å²) in [5.74, 6) is 0.472. The number of carbonyl (C=O) groups is 1. The van der Waals surface area contributed by atoms with Crippen molar-refractivity contribution in [3.8, 4) is 10.4 Å². The number of amides is 1. The van der Waals surface area contributed by atoms with E-state index in [4.69, 9.17) is 15.5 Å². The van der Waals surface area contributed by atoms with Crippen LogP contribution < -0.4 is 11.1 Å². The van der Waals surface area contributed by atoms with Gasteiger partial charge in [0, 0.05) is 39.6 Å². The second-order valence-corrected chi connectivity index (χ2v) is 11.0. The molecule has 2 aliphatic rings. The van der Waals surface area contributed by atoms with Crippen LogP contribution in [-0.4, -0.2) is 28.5 Å². The molecule has 2 aromatic rings. The van der Waals surface area contributed by atoms with Gasteiger partial charge in [0.2, 0.25) is 0 Å². The van der Waals surface area contributed by atoms with Crippen molar-refractivity contribution >= 4 is 34.9 Å². The molecule has 0 spiro atoms. The van der Waals surface area contributed by atoms with Gasteiger partial charge in [-0.25, -0.2) is 9.78 Å². The van der Waals surface area contributed by atoms with Gasteiger partial charge in [0.25, 0.3) is 0 Å². The Morgan fingerprint density at radius 1 is 1.23 bits per heavy atom. The third kappa shape index (κ3) is 5.30. The predicted molar refractivity (Wildman–Crippen MR) is 125 cm³/mol. The summed E-state index contributed by atoms with van der Waals surface area (Å²) in [6.45, 7) is 3.74. The average molecular weight is 446 g/mol. The average Bonchev–Trinajstić information content (AvgIpc) is 3.14. The van der Waals surface area contributed by atoms with Crippen molar-refractivity contribution in [2.45, 2.75) is 87.0 Å². The summed E-state index contributed by atoms with van der Waals surface area (Å²) in [5, 5.41) is 4.94. The van der Waals surface area contributed by atoms with Crippen LogP contribution in [0.3, 0.4) is 0 Å². The molecule has 0 radical (unpaired) electrons. The Morgan fingerprint density at radius 2 is 2.00 bits per heavy atom. The van der Waals surface area contributed by atoms with Gasteiger partial charge in [-0.05, 0) is 64.5 Å². The Bertz CT molecular complexity index is 871. The van der Waals surface area contributed by atoms with Crippen molar-refractivity contribution in [2.24, 2.45) is 0 Å². The Kier molecular flexibility index (Phi) is 6.88. The number of nitrogens with two attached hydrogens (primary N) is 1. The third-order valence-corrected chi connectivity index (χ3v) is 8.47. The summed E-state index contributed by atoms with van der Waals surface area (Å²) in [7, 11) is 0. The van der Waals surface area contributed by atoms with Gasteiger partial charge in [0.1, 0.15) is 0 Å². The van der Waals surface area contributed by atoms with E-state index in [1.165, 1.54) is 39.6 Å². The minimum Gasteiger partial charge on any atom is -0.447 e. The minimum atomic E-state index is -0.301. The normalized spacial score (nSPS) is 22.0. The molecule has 0 unspecified atom stereocenters. The van der Waals surface area contributed by atoms with Crippen LogP contribution in [0.25, 0.3) is 10.4 Å². The molecule has 2 aliphatic carbocycles. The molecule has 0 saturated heterocycles. The molecular weight excluding hydrogens is 414 g/mol. The Labute approximate surface area is 187 Å². The maximum Gasteiger partial charge on any atom is 0.407 e. The number of nitrogens with one attached hydrogen (secondary N) is 1. The van der Waals surface area contributed by atoms with Gasteiger partial charge in [0.05, 0.1) is 16.0 Å². The lowest BCUT2D eigenvalue weighted by atomic mass is 9.86. The van der Waals surface area contributed by atoms with Crippen molar-refractivity contribution in [2.75, 3.05) is 5.73 Å². The number of nitrogens with zero attached hydrogens (tertiary/aromatic N) is 1. The van der Waals surface area contributed by atoms with Crippen molar-refractivity contribution in [1.82, 2.24) is 10.3 Å². The lowest BCUT2D eigenvalue weighted by Crippen LogP contribution is -2.38. The molecule has 162 valence electrons. The molecule has 1 aromatic carbocycles. The van der Waals surface area contributed by atoms with Gasteiger partial charge in [-0.1, -0.05) is 12.5 Å². The summed E-state index contributed by atoms with van der Waals surface area (Å²) in [6, 6.07) is 6.46. The zero-order valence-electron chi connectivity index (χ0n) is 17.7. The van der Waals surface area contributed by atoms with Crippen molar-refractivity contribution in [3.05, 3.63) is 29.4 Å². The minimum absolute atomic E-state index is 0.0873.